The van der Waals surface area contributed by atoms with Crippen LogP contribution in [0.2, 0.25) is 5.15 Å². The molecule has 1 unspecified atom stereocenters. The van der Waals surface area contributed by atoms with Crippen molar-refractivity contribution in [3.63, 3.8) is 0 Å². The zero-order valence-corrected chi connectivity index (χ0v) is 12.2. The van der Waals surface area contributed by atoms with E-state index in [0.29, 0.717) is 6.42 Å². The van der Waals surface area contributed by atoms with E-state index in [9.17, 15) is 13.5 Å². The van der Waals surface area contributed by atoms with Crippen LogP contribution in [-0.2, 0) is 17.1 Å². The highest BCUT2D eigenvalue weighted by Gasteiger charge is 2.22. The van der Waals surface area contributed by atoms with E-state index in [1.54, 1.807) is 7.05 Å². The average molecular weight is 296 g/mol. The molecule has 0 aromatic carbocycles. The molecule has 0 bridgehead atoms. The van der Waals surface area contributed by atoms with Crippen LogP contribution in [0, 0.1) is 5.92 Å². The molecule has 1 rings (SSSR count). The molecule has 0 aliphatic heterocycles. The van der Waals surface area contributed by atoms with Gasteiger partial charge in [0.2, 0.25) is 5.03 Å². The van der Waals surface area contributed by atoms with Crippen molar-refractivity contribution < 1.29 is 13.5 Å². The Morgan fingerprint density at radius 3 is 2.61 bits per heavy atom. The molecule has 0 radical (unpaired) electrons. The Balaban J connectivity index is 2.64. The molecular weight excluding hydrogens is 278 g/mol. The number of hydrogen-bond donors (Lipinski definition) is 2. The minimum atomic E-state index is -3.72. The van der Waals surface area contributed by atoms with Gasteiger partial charge in [0.15, 0.2) is 0 Å². The fourth-order valence-corrected chi connectivity index (χ4v) is 2.79. The Kier molecular flexibility index (Phi) is 5.15. The second-order valence-corrected chi connectivity index (χ2v) is 6.49. The maximum Gasteiger partial charge on any atom is 0.261 e. The van der Waals surface area contributed by atoms with Gasteiger partial charge < -0.3 is 9.67 Å². The van der Waals surface area contributed by atoms with Gasteiger partial charge in [0.1, 0.15) is 5.15 Å². The van der Waals surface area contributed by atoms with Crippen molar-refractivity contribution in [2.24, 2.45) is 13.0 Å². The van der Waals surface area contributed by atoms with Crippen LogP contribution in [0.4, 0.5) is 0 Å². The molecule has 18 heavy (non-hydrogen) atoms. The van der Waals surface area contributed by atoms with Gasteiger partial charge >= 0.3 is 0 Å². The highest BCUT2D eigenvalue weighted by molar-refractivity contribution is 7.89. The van der Waals surface area contributed by atoms with E-state index in [4.69, 9.17) is 11.6 Å². The topological polar surface area (TPSA) is 84.2 Å². The van der Waals surface area contributed by atoms with Crippen LogP contribution in [0.15, 0.2) is 11.4 Å². The molecule has 1 atom stereocenters. The second-order valence-electron chi connectivity index (χ2n) is 4.45. The van der Waals surface area contributed by atoms with Crippen molar-refractivity contribution >= 4 is 21.6 Å². The Morgan fingerprint density at radius 2 is 2.17 bits per heavy atom. The highest BCUT2D eigenvalue weighted by Crippen LogP contribution is 2.18. The van der Waals surface area contributed by atoms with E-state index in [2.05, 4.69) is 9.71 Å². The number of aromatic nitrogens is 2. The zero-order valence-electron chi connectivity index (χ0n) is 10.6. The monoisotopic (exact) mass is 295 g/mol. The summed E-state index contributed by atoms with van der Waals surface area (Å²) in [4.78, 5) is 3.74. The lowest BCUT2D eigenvalue weighted by Gasteiger charge is -2.14. The summed E-state index contributed by atoms with van der Waals surface area (Å²) in [5.74, 6) is 0.0907. The molecule has 1 heterocycles. The van der Waals surface area contributed by atoms with Crippen LogP contribution in [0.25, 0.3) is 0 Å². The van der Waals surface area contributed by atoms with E-state index < -0.39 is 16.1 Å². The quantitative estimate of drug-likeness (QED) is 0.811. The van der Waals surface area contributed by atoms with Crippen molar-refractivity contribution in [3.05, 3.63) is 11.5 Å². The van der Waals surface area contributed by atoms with Gasteiger partial charge in [0, 0.05) is 13.6 Å². The normalized spacial score (nSPS) is 14.1. The highest BCUT2D eigenvalue weighted by atomic mass is 35.5. The number of aliphatic hydroxyl groups excluding tert-OH is 1. The molecule has 0 saturated heterocycles. The van der Waals surface area contributed by atoms with E-state index in [-0.39, 0.29) is 22.6 Å². The van der Waals surface area contributed by atoms with Gasteiger partial charge in [0.25, 0.3) is 10.0 Å². The molecule has 0 saturated carbocycles. The van der Waals surface area contributed by atoms with Crippen LogP contribution in [0.3, 0.4) is 0 Å². The first-order valence-corrected chi connectivity index (χ1v) is 7.46. The van der Waals surface area contributed by atoms with E-state index in [0.717, 1.165) is 0 Å². The summed E-state index contributed by atoms with van der Waals surface area (Å²) in [5, 5.41) is 9.44. The van der Waals surface area contributed by atoms with Gasteiger partial charge in [-0.25, -0.2) is 18.1 Å². The number of halogens is 1. The van der Waals surface area contributed by atoms with Crippen LogP contribution < -0.4 is 4.72 Å². The molecule has 0 aliphatic carbocycles. The van der Waals surface area contributed by atoms with Gasteiger partial charge in [-0.15, -0.1) is 0 Å². The van der Waals surface area contributed by atoms with Crippen LogP contribution in [-0.4, -0.2) is 35.7 Å². The fourth-order valence-electron chi connectivity index (χ4n) is 1.32. The van der Waals surface area contributed by atoms with E-state index in [1.165, 1.54) is 10.9 Å². The minimum absolute atomic E-state index is 0.0620. The number of aliphatic hydroxyl groups is 1. The minimum Gasteiger partial charge on any atom is -0.393 e. The van der Waals surface area contributed by atoms with Crippen molar-refractivity contribution in [2.75, 3.05) is 6.54 Å². The first-order valence-electron chi connectivity index (χ1n) is 5.60. The van der Waals surface area contributed by atoms with Gasteiger partial charge in [-0.1, -0.05) is 25.4 Å². The van der Waals surface area contributed by atoms with Crippen molar-refractivity contribution in [1.82, 2.24) is 14.3 Å². The first kappa shape index (κ1) is 15.4. The van der Waals surface area contributed by atoms with Gasteiger partial charge in [-0.2, -0.15) is 0 Å². The Hall–Kier alpha value is -0.630. The van der Waals surface area contributed by atoms with Crippen molar-refractivity contribution in [1.29, 1.82) is 0 Å². The summed E-state index contributed by atoms with van der Waals surface area (Å²) in [7, 11) is -2.11. The summed E-state index contributed by atoms with van der Waals surface area (Å²) in [6, 6.07) is 0. The summed E-state index contributed by atoms with van der Waals surface area (Å²) >= 11 is 5.82. The molecule has 6 nitrogen and oxygen atoms in total. The standard InChI is InChI=1S/C10H18ClN3O3S/c1-7(2)8(15)4-5-13-18(16,17)10-9(11)14(3)6-12-10/h6-8,13,15H,4-5H2,1-3H3. The number of nitrogens with zero attached hydrogens (tertiary/aromatic N) is 2. The third-order valence-electron chi connectivity index (χ3n) is 2.59. The Labute approximate surface area is 112 Å². The van der Waals surface area contributed by atoms with Crippen molar-refractivity contribution in [2.45, 2.75) is 31.4 Å². The smallest absolute Gasteiger partial charge is 0.261 e. The average Bonchev–Trinajstić information content (AvgIpc) is 2.59. The molecule has 0 fully saturated rings. The fraction of sp³-hybridized carbons (Fsp3) is 0.700. The zero-order chi connectivity index (χ0) is 13.9. The Morgan fingerprint density at radius 1 is 1.56 bits per heavy atom. The van der Waals surface area contributed by atoms with E-state index >= 15 is 0 Å². The summed E-state index contributed by atoms with van der Waals surface area (Å²) < 4.78 is 27.5. The summed E-state index contributed by atoms with van der Waals surface area (Å²) in [6.07, 6.45) is 1.15. The molecule has 104 valence electrons. The molecule has 1 aromatic rings. The maximum atomic E-state index is 11.9. The van der Waals surface area contributed by atoms with Gasteiger partial charge in [-0.3, -0.25) is 0 Å². The lowest BCUT2D eigenvalue weighted by Crippen LogP contribution is -2.29. The number of imidazole rings is 1. The molecule has 8 heteroatoms. The number of aryl methyl sites for hydroxylation is 1. The third kappa shape index (κ3) is 3.68. The molecule has 0 amide bonds. The number of hydrogen-bond acceptors (Lipinski definition) is 4. The van der Waals surface area contributed by atoms with Gasteiger partial charge in [0.05, 0.1) is 12.4 Å². The SMILES string of the molecule is CC(C)C(O)CCNS(=O)(=O)c1ncn(C)c1Cl. The number of nitrogens with one attached hydrogen (secondary N) is 1. The molecule has 0 spiro atoms. The van der Waals surface area contributed by atoms with Crippen LogP contribution in [0.5, 0.6) is 0 Å². The number of sulfonamides is 1. The maximum absolute atomic E-state index is 11.9. The molecular formula is C10H18ClN3O3S. The lowest BCUT2D eigenvalue weighted by atomic mass is 10.1. The predicted octanol–water partition coefficient (Wildman–Crippen LogP) is 0.759. The number of rotatable bonds is 6. The second kappa shape index (κ2) is 6.01. The summed E-state index contributed by atoms with van der Waals surface area (Å²) in [6.45, 7) is 3.89. The van der Waals surface area contributed by atoms with Crippen LogP contribution >= 0.6 is 11.6 Å². The molecule has 0 aliphatic rings. The molecule has 2 N–H and O–H groups in total. The van der Waals surface area contributed by atoms with Gasteiger partial charge in [-0.05, 0) is 12.3 Å². The van der Waals surface area contributed by atoms with E-state index in [1.807, 2.05) is 13.8 Å². The van der Waals surface area contributed by atoms with Crippen molar-refractivity contribution in [3.8, 4) is 0 Å². The summed E-state index contributed by atoms with van der Waals surface area (Å²) in [5.41, 5.74) is 0. The van der Waals surface area contributed by atoms with Crippen LogP contribution in [0.1, 0.15) is 20.3 Å². The Bertz CT molecular complexity index is 498. The first-order chi connectivity index (χ1) is 8.25. The third-order valence-corrected chi connectivity index (χ3v) is 4.54. The lowest BCUT2D eigenvalue weighted by molar-refractivity contribution is 0.118. The largest absolute Gasteiger partial charge is 0.393 e. The molecule has 1 aromatic heterocycles. The predicted molar refractivity (Wildman–Crippen MR) is 68.9 cm³/mol.